The molecule has 0 spiro atoms. The van der Waals surface area contributed by atoms with Gasteiger partial charge < -0.3 is 10.4 Å². The molecule has 0 amide bonds. The van der Waals surface area contributed by atoms with Gasteiger partial charge in [-0.15, -0.1) is 0 Å². The number of carbonyl (C=O) groups is 1. The number of nitrogens with one attached hydrogen (secondary N) is 1. The smallest absolute Gasteiger partial charge is 0.325 e. The zero-order chi connectivity index (χ0) is 11.4. The van der Waals surface area contributed by atoms with Crippen molar-refractivity contribution in [3.05, 3.63) is 5.82 Å². The highest BCUT2D eigenvalue weighted by Crippen LogP contribution is 2.14. The second kappa shape index (κ2) is 5.06. The van der Waals surface area contributed by atoms with Gasteiger partial charge in [-0.25, -0.2) is 4.98 Å². The number of carboxylic acid groups (broad SMARTS) is 1. The number of aliphatic carboxylic acids is 1. The summed E-state index contributed by atoms with van der Waals surface area (Å²) >= 11 is 1.20. The van der Waals surface area contributed by atoms with E-state index in [1.807, 2.05) is 0 Å². The van der Waals surface area contributed by atoms with Crippen LogP contribution in [0.5, 0.6) is 0 Å². The first kappa shape index (κ1) is 11.9. The molecule has 84 valence electrons. The summed E-state index contributed by atoms with van der Waals surface area (Å²) in [6, 6.07) is -0.634. The molecule has 0 aliphatic rings. The van der Waals surface area contributed by atoms with E-state index in [-0.39, 0.29) is 0 Å². The van der Waals surface area contributed by atoms with Gasteiger partial charge in [-0.2, -0.15) is 4.37 Å². The van der Waals surface area contributed by atoms with Crippen LogP contribution >= 0.6 is 11.5 Å². The number of carboxylic acids is 1. The first-order valence-electron chi connectivity index (χ1n) is 4.81. The molecule has 1 heterocycles. The minimum Gasteiger partial charge on any atom is -0.480 e. The van der Waals surface area contributed by atoms with Crippen molar-refractivity contribution in [3.63, 3.8) is 0 Å². The van der Waals surface area contributed by atoms with Crippen LogP contribution in [0.3, 0.4) is 0 Å². The number of anilines is 1. The van der Waals surface area contributed by atoms with Crippen LogP contribution < -0.4 is 5.32 Å². The predicted molar refractivity (Wildman–Crippen MR) is 59.2 cm³/mol. The zero-order valence-electron chi connectivity index (χ0n) is 9.02. The fraction of sp³-hybridized carbons (Fsp3) is 0.667. The molecule has 5 nitrogen and oxygen atoms in total. The van der Waals surface area contributed by atoms with Gasteiger partial charge in [0.15, 0.2) is 0 Å². The van der Waals surface area contributed by atoms with Gasteiger partial charge in [-0.1, -0.05) is 13.8 Å². The minimum absolute atomic E-state index is 0.504. The molecule has 6 heteroatoms. The third kappa shape index (κ3) is 3.83. The lowest BCUT2D eigenvalue weighted by Crippen LogP contribution is -2.25. The molecule has 0 aromatic carbocycles. The third-order valence-electron chi connectivity index (χ3n) is 1.77. The highest BCUT2D eigenvalue weighted by Gasteiger charge is 2.13. The molecule has 0 aliphatic heterocycles. The molecule has 0 saturated heterocycles. The SMILES string of the molecule is CC(C)Cc1nsc(NC(C)C(=O)O)n1. The normalized spacial score (nSPS) is 12.8. The van der Waals surface area contributed by atoms with Gasteiger partial charge in [0.2, 0.25) is 5.13 Å². The molecule has 1 aromatic rings. The molecule has 1 unspecified atom stereocenters. The Bertz CT molecular complexity index is 338. The van der Waals surface area contributed by atoms with Gasteiger partial charge >= 0.3 is 5.97 Å². The Labute approximate surface area is 92.7 Å². The molecule has 0 bridgehead atoms. The fourth-order valence-electron chi connectivity index (χ4n) is 1.01. The van der Waals surface area contributed by atoms with Crippen LogP contribution in [0.1, 0.15) is 26.6 Å². The predicted octanol–water partition coefficient (Wildman–Crippen LogP) is 1.62. The molecule has 0 radical (unpaired) electrons. The fourth-order valence-corrected chi connectivity index (χ4v) is 1.69. The molecule has 15 heavy (non-hydrogen) atoms. The van der Waals surface area contributed by atoms with Crippen molar-refractivity contribution in [1.82, 2.24) is 9.36 Å². The van der Waals surface area contributed by atoms with Crippen molar-refractivity contribution < 1.29 is 9.90 Å². The molecule has 1 aromatic heterocycles. The van der Waals surface area contributed by atoms with Gasteiger partial charge in [0, 0.05) is 18.0 Å². The Kier molecular flexibility index (Phi) is 4.02. The van der Waals surface area contributed by atoms with Crippen molar-refractivity contribution in [2.75, 3.05) is 5.32 Å². The van der Waals surface area contributed by atoms with Crippen LogP contribution in [0.25, 0.3) is 0 Å². The van der Waals surface area contributed by atoms with Crippen molar-refractivity contribution in [2.45, 2.75) is 33.2 Å². The molecular formula is C9H15N3O2S. The Balaban J connectivity index is 2.56. The van der Waals surface area contributed by atoms with E-state index in [4.69, 9.17) is 5.11 Å². The maximum absolute atomic E-state index is 10.6. The Morgan fingerprint density at radius 2 is 2.20 bits per heavy atom. The molecule has 0 saturated carbocycles. The van der Waals surface area contributed by atoms with Crippen LogP contribution in [-0.2, 0) is 11.2 Å². The molecule has 0 aliphatic carbocycles. The van der Waals surface area contributed by atoms with Gasteiger partial charge in [-0.05, 0) is 12.8 Å². The third-order valence-corrected chi connectivity index (χ3v) is 2.45. The second-order valence-corrected chi connectivity index (χ2v) is 4.57. The van der Waals surface area contributed by atoms with Crippen LogP contribution in [-0.4, -0.2) is 26.5 Å². The minimum atomic E-state index is -0.893. The number of hydrogen-bond acceptors (Lipinski definition) is 5. The van der Waals surface area contributed by atoms with Gasteiger partial charge in [-0.3, -0.25) is 4.79 Å². The molecular weight excluding hydrogens is 214 g/mol. The summed E-state index contributed by atoms with van der Waals surface area (Å²) in [5.74, 6) is 0.384. The van der Waals surface area contributed by atoms with E-state index in [9.17, 15) is 4.79 Å². The number of rotatable bonds is 5. The summed E-state index contributed by atoms with van der Waals surface area (Å²) in [6.45, 7) is 5.76. The van der Waals surface area contributed by atoms with Crippen LogP contribution in [0.4, 0.5) is 5.13 Å². The lowest BCUT2D eigenvalue weighted by Gasteiger charge is -2.05. The summed E-state index contributed by atoms with van der Waals surface area (Å²) in [6.07, 6.45) is 0.819. The van der Waals surface area contributed by atoms with Crippen molar-refractivity contribution in [3.8, 4) is 0 Å². The second-order valence-electron chi connectivity index (χ2n) is 3.82. The Morgan fingerprint density at radius 3 is 2.73 bits per heavy atom. The van der Waals surface area contributed by atoms with Crippen LogP contribution in [0.15, 0.2) is 0 Å². The molecule has 2 N–H and O–H groups in total. The highest BCUT2D eigenvalue weighted by molar-refractivity contribution is 7.09. The average Bonchev–Trinajstić information content (AvgIpc) is 2.51. The zero-order valence-corrected chi connectivity index (χ0v) is 9.84. The topological polar surface area (TPSA) is 75.1 Å². The van der Waals surface area contributed by atoms with E-state index in [1.165, 1.54) is 11.5 Å². The van der Waals surface area contributed by atoms with E-state index < -0.39 is 12.0 Å². The van der Waals surface area contributed by atoms with Crippen LogP contribution in [0.2, 0.25) is 0 Å². The maximum Gasteiger partial charge on any atom is 0.325 e. The summed E-state index contributed by atoms with van der Waals surface area (Å²) in [4.78, 5) is 14.8. The van der Waals surface area contributed by atoms with Gasteiger partial charge in [0.25, 0.3) is 0 Å². The highest BCUT2D eigenvalue weighted by atomic mass is 32.1. The first-order chi connectivity index (χ1) is 6.99. The standard InChI is InChI=1S/C9H15N3O2S/c1-5(2)4-7-11-9(15-12-7)10-6(3)8(13)14/h5-6H,4H2,1-3H3,(H,13,14)(H,10,11,12). The number of nitrogens with zero attached hydrogens (tertiary/aromatic N) is 2. The quantitative estimate of drug-likeness (QED) is 0.802. The lowest BCUT2D eigenvalue weighted by atomic mass is 10.1. The Hall–Kier alpha value is -1.17. The van der Waals surface area contributed by atoms with E-state index in [2.05, 4.69) is 28.5 Å². The lowest BCUT2D eigenvalue weighted by molar-refractivity contribution is -0.137. The largest absolute Gasteiger partial charge is 0.480 e. The van der Waals surface area contributed by atoms with Crippen molar-refractivity contribution >= 4 is 22.6 Å². The first-order valence-corrected chi connectivity index (χ1v) is 5.58. The van der Waals surface area contributed by atoms with Gasteiger partial charge in [0.05, 0.1) is 0 Å². The van der Waals surface area contributed by atoms with Crippen LogP contribution in [0, 0.1) is 5.92 Å². The molecule has 1 rings (SSSR count). The van der Waals surface area contributed by atoms with E-state index in [0.29, 0.717) is 11.0 Å². The average molecular weight is 229 g/mol. The van der Waals surface area contributed by atoms with E-state index >= 15 is 0 Å². The number of hydrogen-bond donors (Lipinski definition) is 2. The summed E-state index contributed by atoms with van der Waals surface area (Å²) < 4.78 is 4.14. The molecule has 1 atom stereocenters. The summed E-state index contributed by atoms with van der Waals surface area (Å²) in [5, 5.41) is 12.0. The monoisotopic (exact) mass is 229 g/mol. The Morgan fingerprint density at radius 1 is 1.53 bits per heavy atom. The van der Waals surface area contributed by atoms with Crippen molar-refractivity contribution in [1.29, 1.82) is 0 Å². The maximum atomic E-state index is 10.6. The summed E-state index contributed by atoms with van der Waals surface area (Å²) in [7, 11) is 0. The molecule has 0 fully saturated rings. The summed E-state index contributed by atoms with van der Waals surface area (Å²) in [5.41, 5.74) is 0. The van der Waals surface area contributed by atoms with Crippen molar-refractivity contribution in [2.24, 2.45) is 5.92 Å². The van der Waals surface area contributed by atoms with E-state index in [0.717, 1.165) is 12.2 Å². The van der Waals surface area contributed by atoms with Gasteiger partial charge in [0.1, 0.15) is 11.9 Å². The number of aromatic nitrogens is 2. The van der Waals surface area contributed by atoms with E-state index in [1.54, 1.807) is 6.92 Å².